The second kappa shape index (κ2) is 5.45. The van der Waals surface area contributed by atoms with Crippen LogP contribution in [-0.4, -0.2) is 30.7 Å². The highest BCUT2D eigenvalue weighted by molar-refractivity contribution is 5.81. The van der Waals surface area contributed by atoms with Crippen LogP contribution in [0.5, 0.6) is 0 Å². The highest BCUT2D eigenvalue weighted by Gasteiger charge is 2.35. The van der Waals surface area contributed by atoms with Gasteiger partial charge in [0.15, 0.2) is 0 Å². The zero-order valence-corrected chi connectivity index (χ0v) is 9.77. The number of hydrogen-bond donors (Lipinski definition) is 2. The van der Waals surface area contributed by atoms with Crippen LogP contribution in [0.25, 0.3) is 0 Å². The van der Waals surface area contributed by atoms with E-state index in [2.05, 4.69) is 10.1 Å². The first-order valence-corrected chi connectivity index (χ1v) is 5.11. The van der Waals surface area contributed by atoms with E-state index in [1.54, 1.807) is 30.3 Å². The van der Waals surface area contributed by atoms with Crippen LogP contribution in [0, 0.1) is 0 Å². The van der Waals surface area contributed by atoms with Crippen LogP contribution in [0.1, 0.15) is 12.5 Å². The van der Waals surface area contributed by atoms with Gasteiger partial charge in [-0.3, -0.25) is 10.1 Å². The van der Waals surface area contributed by atoms with Gasteiger partial charge in [-0.2, -0.15) is 0 Å². The summed E-state index contributed by atoms with van der Waals surface area (Å²) in [5, 5.41) is 11.9. The number of aliphatic carboxylic acids is 1. The summed E-state index contributed by atoms with van der Waals surface area (Å²) in [7, 11) is 1.25. The lowest BCUT2D eigenvalue weighted by Gasteiger charge is -2.26. The molecule has 1 atom stereocenters. The molecule has 17 heavy (non-hydrogen) atoms. The van der Waals surface area contributed by atoms with Crippen molar-refractivity contribution in [3.63, 3.8) is 0 Å². The fraction of sp³-hybridized carbons (Fsp3) is 0.333. The van der Waals surface area contributed by atoms with Crippen LogP contribution in [0.15, 0.2) is 30.3 Å². The molecule has 0 aromatic heterocycles. The lowest BCUT2D eigenvalue weighted by Crippen LogP contribution is -2.48. The number of carbonyl (C=O) groups excluding carboxylic acids is 1. The first-order valence-electron chi connectivity index (χ1n) is 5.11. The van der Waals surface area contributed by atoms with Gasteiger partial charge in [-0.1, -0.05) is 30.3 Å². The predicted molar refractivity (Wildman–Crippen MR) is 61.4 cm³/mol. The highest BCUT2D eigenvalue weighted by atomic mass is 16.5. The van der Waals surface area contributed by atoms with E-state index in [4.69, 9.17) is 0 Å². The third-order valence-corrected chi connectivity index (χ3v) is 2.59. The molecule has 92 valence electrons. The number of benzene rings is 1. The Bertz CT molecular complexity index is 404. The van der Waals surface area contributed by atoms with Gasteiger partial charge in [-0.15, -0.1) is 0 Å². The number of carboxylic acid groups (broad SMARTS) is 1. The van der Waals surface area contributed by atoms with Gasteiger partial charge in [0, 0.05) is 0 Å². The summed E-state index contributed by atoms with van der Waals surface area (Å²) < 4.78 is 4.47. The van der Waals surface area contributed by atoms with E-state index in [1.807, 2.05) is 0 Å². The van der Waals surface area contributed by atoms with E-state index < -0.39 is 17.5 Å². The largest absolute Gasteiger partial charge is 0.480 e. The molecule has 1 aromatic rings. The number of ether oxygens (including phenoxy) is 1. The molecule has 0 saturated heterocycles. The lowest BCUT2D eigenvalue weighted by atomic mass is 9.92. The fourth-order valence-electron chi connectivity index (χ4n) is 1.39. The average Bonchev–Trinajstić information content (AvgIpc) is 2.36. The predicted octanol–water partition coefficient (Wildman–Crippen LogP) is 0.749. The van der Waals surface area contributed by atoms with Gasteiger partial charge in [0.25, 0.3) is 0 Å². The quantitative estimate of drug-likeness (QED) is 0.739. The van der Waals surface area contributed by atoms with Crippen LogP contribution in [-0.2, 0) is 19.9 Å². The Morgan fingerprint density at radius 1 is 1.35 bits per heavy atom. The number of nitrogens with one attached hydrogen (secondary N) is 1. The summed E-state index contributed by atoms with van der Waals surface area (Å²) in [4.78, 5) is 22.3. The smallest absolute Gasteiger partial charge is 0.328 e. The maximum Gasteiger partial charge on any atom is 0.328 e. The van der Waals surface area contributed by atoms with Crippen LogP contribution < -0.4 is 5.32 Å². The van der Waals surface area contributed by atoms with Gasteiger partial charge in [0.2, 0.25) is 0 Å². The zero-order chi connectivity index (χ0) is 12.9. The average molecular weight is 237 g/mol. The molecule has 1 rings (SSSR count). The Hall–Kier alpha value is -1.88. The maximum absolute atomic E-state index is 11.3. The van der Waals surface area contributed by atoms with Crippen molar-refractivity contribution in [1.29, 1.82) is 0 Å². The molecule has 0 saturated carbocycles. The van der Waals surface area contributed by atoms with Gasteiger partial charge in [0.1, 0.15) is 5.54 Å². The summed E-state index contributed by atoms with van der Waals surface area (Å²) in [5.41, 5.74) is -0.730. The standard InChI is InChI=1S/C12H15NO4/c1-12(11(15)16,13-8-10(14)17-2)9-6-4-3-5-7-9/h3-7,13H,8H2,1-2H3,(H,15,16). The van der Waals surface area contributed by atoms with E-state index in [-0.39, 0.29) is 6.54 Å². The summed E-state index contributed by atoms with van der Waals surface area (Å²) in [6.07, 6.45) is 0. The monoisotopic (exact) mass is 237 g/mol. The van der Waals surface area contributed by atoms with Gasteiger partial charge in [0.05, 0.1) is 13.7 Å². The molecule has 0 fully saturated rings. The van der Waals surface area contributed by atoms with E-state index in [1.165, 1.54) is 14.0 Å². The minimum Gasteiger partial charge on any atom is -0.480 e. The number of hydrogen-bond acceptors (Lipinski definition) is 4. The van der Waals surface area contributed by atoms with Crippen LogP contribution in [0.3, 0.4) is 0 Å². The van der Waals surface area contributed by atoms with Crippen molar-refractivity contribution in [2.45, 2.75) is 12.5 Å². The number of carbonyl (C=O) groups is 2. The fourth-order valence-corrected chi connectivity index (χ4v) is 1.39. The molecule has 0 heterocycles. The molecular weight excluding hydrogens is 222 g/mol. The molecule has 5 heteroatoms. The van der Waals surface area contributed by atoms with Crippen molar-refractivity contribution in [1.82, 2.24) is 5.32 Å². The minimum absolute atomic E-state index is 0.159. The van der Waals surface area contributed by atoms with Gasteiger partial charge in [-0.05, 0) is 12.5 Å². The molecule has 0 aliphatic rings. The molecule has 1 aromatic carbocycles. The van der Waals surface area contributed by atoms with Crippen molar-refractivity contribution in [3.05, 3.63) is 35.9 Å². The first-order chi connectivity index (χ1) is 8.00. The van der Waals surface area contributed by atoms with E-state index >= 15 is 0 Å². The summed E-state index contributed by atoms with van der Waals surface area (Å²) in [5.74, 6) is -1.55. The maximum atomic E-state index is 11.3. The van der Waals surface area contributed by atoms with E-state index in [0.717, 1.165) is 0 Å². The van der Waals surface area contributed by atoms with Gasteiger partial charge < -0.3 is 9.84 Å². The highest BCUT2D eigenvalue weighted by Crippen LogP contribution is 2.20. The van der Waals surface area contributed by atoms with Crippen molar-refractivity contribution < 1.29 is 19.4 Å². The van der Waals surface area contributed by atoms with Crippen LogP contribution in [0.2, 0.25) is 0 Å². The SMILES string of the molecule is COC(=O)CNC(C)(C(=O)O)c1ccccc1. The Morgan fingerprint density at radius 3 is 2.41 bits per heavy atom. The Labute approximate surface area is 99.4 Å². The summed E-state index contributed by atoms with van der Waals surface area (Å²) in [6, 6.07) is 8.68. The lowest BCUT2D eigenvalue weighted by molar-refractivity contribution is -0.146. The number of methoxy groups -OCH3 is 1. The van der Waals surface area contributed by atoms with E-state index in [0.29, 0.717) is 5.56 Å². The molecule has 2 N–H and O–H groups in total. The molecule has 0 aliphatic heterocycles. The zero-order valence-electron chi connectivity index (χ0n) is 9.77. The summed E-state index contributed by atoms with van der Waals surface area (Å²) >= 11 is 0. The van der Waals surface area contributed by atoms with Crippen molar-refractivity contribution >= 4 is 11.9 Å². The third kappa shape index (κ3) is 3.04. The Morgan fingerprint density at radius 2 is 1.94 bits per heavy atom. The van der Waals surface area contributed by atoms with E-state index in [9.17, 15) is 14.7 Å². The van der Waals surface area contributed by atoms with Crippen LogP contribution in [0.4, 0.5) is 0 Å². The first kappa shape index (κ1) is 13.2. The molecule has 0 spiro atoms. The third-order valence-electron chi connectivity index (χ3n) is 2.59. The second-order valence-corrected chi connectivity index (χ2v) is 3.73. The topological polar surface area (TPSA) is 75.6 Å². The Balaban J connectivity index is 2.91. The van der Waals surface area contributed by atoms with Crippen molar-refractivity contribution in [2.75, 3.05) is 13.7 Å². The molecule has 1 unspecified atom stereocenters. The minimum atomic E-state index is -1.31. The van der Waals surface area contributed by atoms with Gasteiger partial charge in [-0.25, -0.2) is 4.79 Å². The molecule has 0 radical (unpaired) electrons. The molecule has 0 bridgehead atoms. The summed E-state index contributed by atoms with van der Waals surface area (Å²) in [6.45, 7) is 1.35. The molecular formula is C12H15NO4. The number of rotatable bonds is 5. The second-order valence-electron chi connectivity index (χ2n) is 3.73. The number of carboxylic acids is 1. The van der Waals surface area contributed by atoms with Crippen molar-refractivity contribution in [3.8, 4) is 0 Å². The van der Waals surface area contributed by atoms with Crippen molar-refractivity contribution in [2.24, 2.45) is 0 Å². The molecule has 0 aliphatic carbocycles. The van der Waals surface area contributed by atoms with Crippen LogP contribution >= 0.6 is 0 Å². The number of esters is 1. The molecule has 5 nitrogen and oxygen atoms in total. The van der Waals surface area contributed by atoms with Gasteiger partial charge >= 0.3 is 11.9 Å². The normalized spacial score (nSPS) is 13.8. The molecule has 0 amide bonds. The Kier molecular flexibility index (Phi) is 4.23.